The van der Waals surface area contributed by atoms with Gasteiger partial charge in [0.1, 0.15) is 10.8 Å². The molecule has 7 heteroatoms. The number of fused-ring (bicyclic) bond motifs is 1. The van der Waals surface area contributed by atoms with Gasteiger partial charge >= 0.3 is 5.69 Å². The molecule has 2 aromatic heterocycles. The van der Waals surface area contributed by atoms with E-state index in [1.165, 1.54) is 11.8 Å². The third kappa shape index (κ3) is 3.58. The summed E-state index contributed by atoms with van der Waals surface area (Å²) < 4.78 is 7.14. The molecular formula is C19H23N3O3S. The molecule has 0 N–H and O–H groups in total. The third-order valence-corrected chi connectivity index (χ3v) is 6.14. The van der Waals surface area contributed by atoms with Crippen molar-refractivity contribution in [3.8, 4) is 0 Å². The summed E-state index contributed by atoms with van der Waals surface area (Å²) in [6.07, 6.45) is 7.77. The van der Waals surface area contributed by atoms with Crippen LogP contribution in [0.25, 0.3) is 0 Å². The van der Waals surface area contributed by atoms with Crippen LogP contribution < -0.4 is 5.69 Å². The molecule has 6 nitrogen and oxygen atoms in total. The zero-order valence-corrected chi connectivity index (χ0v) is 15.6. The van der Waals surface area contributed by atoms with E-state index >= 15 is 0 Å². The first-order valence-electron chi connectivity index (χ1n) is 9.28. The number of carbonyl (C=O) groups is 1. The first-order chi connectivity index (χ1) is 12.7. The van der Waals surface area contributed by atoms with Crippen molar-refractivity contribution in [2.45, 2.75) is 50.1 Å². The Balaban J connectivity index is 1.58. The van der Waals surface area contributed by atoms with E-state index in [0.29, 0.717) is 12.3 Å². The normalized spacial score (nSPS) is 16.7. The minimum absolute atomic E-state index is 0.152. The maximum atomic E-state index is 12.6. The Hall–Kier alpha value is -2.02. The van der Waals surface area contributed by atoms with E-state index in [4.69, 9.17) is 4.42 Å². The zero-order chi connectivity index (χ0) is 17.9. The summed E-state index contributed by atoms with van der Waals surface area (Å²) in [5.41, 5.74) is 1.95. The number of thioether (sulfide) groups is 1. The number of carbonyl (C=O) groups excluding carboxylic acids is 1. The fourth-order valence-corrected chi connectivity index (χ4v) is 4.76. The molecule has 0 saturated carbocycles. The van der Waals surface area contributed by atoms with Crippen molar-refractivity contribution in [1.29, 1.82) is 0 Å². The van der Waals surface area contributed by atoms with Crippen LogP contribution in [0.5, 0.6) is 0 Å². The second-order valence-electron chi connectivity index (χ2n) is 6.87. The van der Waals surface area contributed by atoms with Crippen molar-refractivity contribution in [2.75, 3.05) is 18.8 Å². The van der Waals surface area contributed by atoms with Gasteiger partial charge in [0.25, 0.3) is 0 Å². The fraction of sp³-hybridized carbons (Fsp3) is 0.526. The molecule has 0 spiro atoms. The van der Waals surface area contributed by atoms with Gasteiger partial charge in [0.05, 0.1) is 18.6 Å². The van der Waals surface area contributed by atoms with Crippen LogP contribution in [0.3, 0.4) is 0 Å². The maximum Gasteiger partial charge on any atom is 0.349 e. The number of likely N-dealkylation sites (tertiary alicyclic amines) is 1. The standard InChI is InChI=1S/C19H23N3O3S/c23-17(21-9-3-4-10-21)13-26-18-15-7-1-2-8-16(15)22(19(24)20-18)12-14-6-5-11-25-14/h5-6,11H,1-4,7-10,12-13H2. The van der Waals surface area contributed by atoms with Crippen LogP contribution in [-0.2, 0) is 24.2 Å². The Morgan fingerprint density at radius 3 is 2.77 bits per heavy atom. The van der Waals surface area contributed by atoms with Gasteiger partial charge in [-0.3, -0.25) is 9.36 Å². The van der Waals surface area contributed by atoms with Gasteiger partial charge in [0.15, 0.2) is 0 Å². The molecule has 0 aromatic carbocycles. The predicted octanol–water partition coefficient (Wildman–Crippen LogP) is 2.48. The fourth-order valence-electron chi connectivity index (χ4n) is 3.78. The molecule has 0 bridgehead atoms. The van der Waals surface area contributed by atoms with Gasteiger partial charge in [-0.1, -0.05) is 11.8 Å². The molecule has 2 aliphatic rings. The van der Waals surface area contributed by atoms with Gasteiger partial charge in [-0.05, 0) is 50.7 Å². The highest BCUT2D eigenvalue weighted by Crippen LogP contribution is 2.29. The summed E-state index contributed by atoms with van der Waals surface area (Å²) in [5.74, 6) is 1.27. The average molecular weight is 373 g/mol. The highest BCUT2D eigenvalue weighted by molar-refractivity contribution is 7.99. The van der Waals surface area contributed by atoms with Gasteiger partial charge in [-0.25, -0.2) is 4.79 Å². The van der Waals surface area contributed by atoms with Gasteiger partial charge in [-0.2, -0.15) is 4.98 Å². The summed E-state index contributed by atoms with van der Waals surface area (Å²) in [6, 6.07) is 3.70. The molecule has 1 aliphatic carbocycles. The van der Waals surface area contributed by atoms with Gasteiger partial charge < -0.3 is 9.32 Å². The second kappa shape index (κ2) is 7.70. The van der Waals surface area contributed by atoms with Gasteiger partial charge in [-0.15, -0.1) is 0 Å². The first kappa shape index (κ1) is 17.4. The Kier molecular flexibility index (Phi) is 5.15. The SMILES string of the molecule is O=C(CSc1nc(=O)n(Cc2ccco2)c2c1CCCC2)N1CCCC1. The minimum atomic E-state index is -0.252. The van der Waals surface area contributed by atoms with Crippen LogP contribution >= 0.6 is 11.8 Å². The van der Waals surface area contributed by atoms with Crippen LogP contribution in [-0.4, -0.2) is 39.2 Å². The summed E-state index contributed by atoms with van der Waals surface area (Å²) in [7, 11) is 0. The zero-order valence-electron chi connectivity index (χ0n) is 14.8. The Labute approximate surface area is 156 Å². The lowest BCUT2D eigenvalue weighted by atomic mass is 9.97. The van der Waals surface area contributed by atoms with Gasteiger partial charge in [0.2, 0.25) is 5.91 Å². The molecule has 0 radical (unpaired) electrons. The van der Waals surface area contributed by atoms with Crippen LogP contribution in [0.1, 0.15) is 42.7 Å². The van der Waals surface area contributed by atoms with Crippen molar-refractivity contribution in [1.82, 2.24) is 14.5 Å². The molecule has 4 rings (SSSR count). The summed E-state index contributed by atoms with van der Waals surface area (Å²) in [6.45, 7) is 2.13. The van der Waals surface area contributed by atoms with E-state index in [0.717, 1.165) is 73.7 Å². The van der Waals surface area contributed by atoms with Crippen molar-refractivity contribution < 1.29 is 9.21 Å². The molecule has 0 unspecified atom stereocenters. The van der Waals surface area contributed by atoms with E-state index in [2.05, 4.69) is 4.98 Å². The van der Waals surface area contributed by atoms with E-state index in [1.807, 2.05) is 17.0 Å². The van der Waals surface area contributed by atoms with Crippen LogP contribution in [0.15, 0.2) is 32.6 Å². The number of amides is 1. The molecule has 0 atom stereocenters. The number of nitrogens with zero attached hydrogens (tertiary/aromatic N) is 3. The number of hydrogen-bond acceptors (Lipinski definition) is 5. The highest BCUT2D eigenvalue weighted by atomic mass is 32.2. The van der Waals surface area contributed by atoms with Crippen molar-refractivity contribution in [2.24, 2.45) is 0 Å². The molecular weight excluding hydrogens is 350 g/mol. The number of rotatable bonds is 5. The number of hydrogen-bond donors (Lipinski definition) is 0. The van der Waals surface area contributed by atoms with Crippen molar-refractivity contribution in [3.05, 3.63) is 45.9 Å². The number of furan rings is 1. The maximum absolute atomic E-state index is 12.6. The molecule has 1 amide bonds. The van der Waals surface area contributed by atoms with E-state index in [1.54, 1.807) is 10.8 Å². The topological polar surface area (TPSA) is 68.3 Å². The highest BCUT2D eigenvalue weighted by Gasteiger charge is 2.23. The van der Waals surface area contributed by atoms with Crippen molar-refractivity contribution in [3.63, 3.8) is 0 Å². The molecule has 2 aromatic rings. The van der Waals surface area contributed by atoms with E-state index < -0.39 is 0 Å². The molecule has 138 valence electrons. The lowest BCUT2D eigenvalue weighted by Gasteiger charge is -2.22. The van der Waals surface area contributed by atoms with E-state index in [9.17, 15) is 9.59 Å². The Bertz CT molecular complexity index is 838. The van der Waals surface area contributed by atoms with Crippen LogP contribution in [0.2, 0.25) is 0 Å². The van der Waals surface area contributed by atoms with Crippen LogP contribution in [0.4, 0.5) is 0 Å². The molecule has 1 saturated heterocycles. The quantitative estimate of drug-likeness (QED) is 0.595. The summed E-state index contributed by atoms with van der Waals surface area (Å²) in [5, 5.41) is 0.743. The monoisotopic (exact) mass is 373 g/mol. The molecule has 1 aliphatic heterocycles. The average Bonchev–Trinajstić information content (AvgIpc) is 3.36. The lowest BCUT2D eigenvalue weighted by molar-refractivity contribution is -0.127. The molecule has 1 fully saturated rings. The smallest absolute Gasteiger partial charge is 0.349 e. The molecule has 26 heavy (non-hydrogen) atoms. The largest absolute Gasteiger partial charge is 0.467 e. The Morgan fingerprint density at radius 1 is 1.19 bits per heavy atom. The third-order valence-electron chi connectivity index (χ3n) is 5.14. The van der Waals surface area contributed by atoms with E-state index in [-0.39, 0.29) is 11.6 Å². The van der Waals surface area contributed by atoms with Crippen LogP contribution in [0, 0.1) is 0 Å². The summed E-state index contributed by atoms with van der Waals surface area (Å²) in [4.78, 5) is 31.2. The van der Waals surface area contributed by atoms with Crippen molar-refractivity contribution >= 4 is 17.7 Å². The minimum Gasteiger partial charge on any atom is -0.467 e. The lowest BCUT2D eigenvalue weighted by Crippen LogP contribution is -2.31. The predicted molar refractivity (Wildman–Crippen MR) is 99.5 cm³/mol. The second-order valence-corrected chi connectivity index (χ2v) is 7.84. The first-order valence-corrected chi connectivity index (χ1v) is 10.3. The summed E-state index contributed by atoms with van der Waals surface area (Å²) >= 11 is 1.42. The number of aromatic nitrogens is 2. The van der Waals surface area contributed by atoms with Gasteiger partial charge in [0, 0.05) is 24.3 Å². The molecule has 3 heterocycles. The Morgan fingerprint density at radius 2 is 2.00 bits per heavy atom.